The molecule has 21 heavy (non-hydrogen) atoms. The van der Waals surface area contributed by atoms with Gasteiger partial charge < -0.3 is 11.1 Å². The fourth-order valence-corrected chi connectivity index (χ4v) is 2.21. The summed E-state index contributed by atoms with van der Waals surface area (Å²) in [6, 6.07) is 11.5. The Balaban J connectivity index is 2.01. The Morgan fingerprint density at radius 2 is 1.90 bits per heavy atom. The number of carbonyl (C=O) groups excluding carboxylic acids is 1. The van der Waals surface area contributed by atoms with Crippen molar-refractivity contribution in [1.29, 1.82) is 0 Å². The number of benzene rings is 2. The molecule has 0 bridgehead atoms. The lowest BCUT2D eigenvalue weighted by Gasteiger charge is -2.15. The van der Waals surface area contributed by atoms with Gasteiger partial charge in [-0.2, -0.15) is 0 Å². The summed E-state index contributed by atoms with van der Waals surface area (Å²) >= 11 is 0. The molecule has 0 fully saturated rings. The third-order valence-corrected chi connectivity index (χ3v) is 3.34. The van der Waals surface area contributed by atoms with Gasteiger partial charge >= 0.3 is 0 Å². The Kier molecular flexibility index (Phi) is 4.58. The molecule has 4 heteroatoms. The summed E-state index contributed by atoms with van der Waals surface area (Å²) in [6.45, 7) is 3.79. The Morgan fingerprint density at radius 1 is 1.24 bits per heavy atom. The average Bonchev–Trinajstić information content (AvgIpc) is 2.44. The van der Waals surface area contributed by atoms with Crippen LogP contribution in [0.5, 0.6) is 0 Å². The molecule has 0 aliphatic rings. The van der Waals surface area contributed by atoms with Gasteiger partial charge in [-0.3, -0.25) is 4.79 Å². The van der Waals surface area contributed by atoms with Crippen molar-refractivity contribution in [2.24, 2.45) is 0 Å². The molecule has 0 saturated carbocycles. The third-order valence-electron chi connectivity index (χ3n) is 3.34. The van der Waals surface area contributed by atoms with Gasteiger partial charge in [-0.05, 0) is 55.7 Å². The SMILES string of the molecule is Cc1ccc(N)cc1C(=O)NC(C)Cc1ccc(F)cc1. The number of anilines is 1. The number of amides is 1. The maximum atomic E-state index is 12.9. The first-order valence-electron chi connectivity index (χ1n) is 6.87. The number of nitrogen functional groups attached to an aromatic ring is 1. The fourth-order valence-electron chi connectivity index (χ4n) is 2.21. The molecule has 1 atom stereocenters. The number of hydrogen-bond acceptors (Lipinski definition) is 2. The normalized spacial score (nSPS) is 12.0. The van der Waals surface area contributed by atoms with Gasteiger partial charge in [0.1, 0.15) is 5.82 Å². The summed E-state index contributed by atoms with van der Waals surface area (Å²) < 4.78 is 12.9. The van der Waals surface area contributed by atoms with Crippen LogP contribution in [0.4, 0.5) is 10.1 Å². The zero-order valence-electron chi connectivity index (χ0n) is 12.2. The molecule has 3 nitrogen and oxygen atoms in total. The van der Waals surface area contributed by atoms with Crippen LogP contribution >= 0.6 is 0 Å². The van der Waals surface area contributed by atoms with E-state index in [2.05, 4.69) is 5.32 Å². The van der Waals surface area contributed by atoms with Crippen LogP contribution in [0.3, 0.4) is 0 Å². The van der Waals surface area contributed by atoms with Crippen LogP contribution in [0.15, 0.2) is 42.5 Å². The lowest BCUT2D eigenvalue weighted by atomic mass is 10.0. The fraction of sp³-hybridized carbons (Fsp3) is 0.235. The molecular weight excluding hydrogens is 267 g/mol. The van der Waals surface area contributed by atoms with E-state index in [0.29, 0.717) is 17.7 Å². The summed E-state index contributed by atoms with van der Waals surface area (Å²) in [5, 5.41) is 2.94. The van der Waals surface area contributed by atoms with Crippen LogP contribution < -0.4 is 11.1 Å². The molecule has 0 saturated heterocycles. The third kappa shape index (κ3) is 4.05. The summed E-state index contributed by atoms with van der Waals surface area (Å²) in [4.78, 5) is 12.2. The van der Waals surface area contributed by atoms with Crippen LogP contribution in [0.25, 0.3) is 0 Å². The lowest BCUT2D eigenvalue weighted by Crippen LogP contribution is -2.34. The van der Waals surface area contributed by atoms with Crippen LogP contribution in [0.2, 0.25) is 0 Å². The summed E-state index contributed by atoms with van der Waals surface area (Å²) in [6.07, 6.45) is 0.646. The van der Waals surface area contributed by atoms with E-state index >= 15 is 0 Å². The Bertz CT molecular complexity index is 638. The van der Waals surface area contributed by atoms with Crippen LogP contribution in [-0.2, 0) is 6.42 Å². The van der Waals surface area contributed by atoms with E-state index in [-0.39, 0.29) is 17.8 Å². The molecule has 0 aliphatic carbocycles. The van der Waals surface area contributed by atoms with Gasteiger partial charge in [0, 0.05) is 17.3 Å². The largest absolute Gasteiger partial charge is 0.399 e. The molecule has 0 aliphatic heterocycles. The molecular formula is C17H19FN2O. The van der Waals surface area contributed by atoms with Crippen molar-refractivity contribution in [3.63, 3.8) is 0 Å². The van der Waals surface area contributed by atoms with E-state index in [1.807, 2.05) is 19.9 Å². The molecule has 110 valence electrons. The minimum Gasteiger partial charge on any atom is -0.399 e. The van der Waals surface area contributed by atoms with Crippen molar-refractivity contribution in [2.75, 3.05) is 5.73 Å². The second kappa shape index (κ2) is 6.39. The Morgan fingerprint density at radius 3 is 2.57 bits per heavy atom. The Labute approximate surface area is 124 Å². The summed E-state index contributed by atoms with van der Waals surface area (Å²) in [5.41, 5.74) is 8.73. The van der Waals surface area contributed by atoms with E-state index in [4.69, 9.17) is 5.73 Å². The Hall–Kier alpha value is -2.36. The molecule has 3 N–H and O–H groups in total. The monoisotopic (exact) mass is 286 g/mol. The van der Waals surface area contributed by atoms with Gasteiger partial charge in [0.25, 0.3) is 5.91 Å². The quantitative estimate of drug-likeness (QED) is 0.849. The van der Waals surface area contributed by atoms with E-state index in [1.54, 1.807) is 24.3 Å². The van der Waals surface area contributed by atoms with Crippen LogP contribution in [0.1, 0.15) is 28.4 Å². The first kappa shape index (κ1) is 15.0. The van der Waals surface area contributed by atoms with Gasteiger partial charge in [0.15, 0.2) is 0 Å². The van der Waals surface area contributed by atoms with Gasteiger partial charge in [-0.15, -0.1) is 0 Å². The van der Waals surface area contributed by atoms with Crippen LogP contribution in [0, 0.1) is 12.7 Å². The van der Waals surface area contributed by atoms with E-state index in [1.165, 1.54) is 12.1 Å². The molecule has 0 aromatic heterocycles. The highest BCUT2D eigenvalue weighted by Gasteiger charge is 2.13. The highest BCUT2D eigenvalue weighted by atomic mass is 19.1. The van der Waals surface area contributed by atoms with Gasteiger partial charge in [-0.1, -0.05) is 18.2 Å². The van der Waals surface area contributed by atoms with E-state index in [0.717, 1.165) is 11.1 Å². The summed E-state index contributed by atoms with van der Waals surface area (Å²) in [5.74, 6) is -0.403. The van der Waals surface area contributed by atoms with Crippen LogP contribution in [-0.4, -0.2) is 11.9 Å². The van der Waals surface area contributed by atoms with E-state index in [9.17, 15) is 9.18 Å². The molecule has 0 heterocycles. The maximum Gasteiger partial charge on any atom is 0.251 e. The lowest BCUT2D eigenvalue weighted by molar-refractivity contribution is 0.0939. The topological polar surface area (TPSA) is 55.1 Å². The molecule has 1 unspecified atom stereocenters. The van der Waals surface area contributed by atoms with Crippen molar-refractivity contribution in [1.82, 2.24) is 5.32 Å². The second-order valence-corrected chi connectivity index (χ2v) is 5.28. The maximum absolute atomic E-state index is 12.9. The molecule has 0 radical (unpaired) electrons. The van der Waals surface area contributed by atoms with Gasteiger partial charge in [0.05, 0.1) is 0 Å². The number of aryl methyl sites for hydroxylation is 1. The highest BCUT2D eigenvalue weighted by Crippen LogP contribution is 2.13. The number of halogens is 1. The second-order valence-electron chi connectivity index (χ2n) is 5.28. The minimum absolute atomic E-state index is 0.0520. The summed E-state index contributed by atoms with van der Waals surface area (Å²) in [7, 11) is 0. The van der Waals surface area contributed by atoms with Crippen molar-refractivity contribution in [3.05, 3.63) is 65.0 Å². The van der Waals surface area contributed by atoms with Gasteiger partial charge in [-0.25, -0.2) is 4.39 Å². The predicted molar refractivity (Wildman–Crippen MR) is 82.6 cm³/mol. The number of nitrogens with two attached hydrogens (primary N) is 1. The number of carbonyl (C=O) groups is 1. The first-order valence-corrected chi connectivity index (χ1v) is 6.87. The van der Waals surface area contributed by atoms with Crippen molar-refractivity contribution >= 4 is 11.6 Å². The molecule has 2 aromatic carbocycles. The van der Waals surface area contributed by atoms with Crippen molar-refractivity contribution in [3.8, 4) is 0 Å². The average molecular weight is 286 g/mol. The zero-order valence-corrected chi connectivity index (χ0v) is 12.2. The van der Waals surface area contributed by atoms with Crippen molar-refractivity contribution < 1.29 is 9.18 Å². The first-order chi connectivity index (χ1) is 9.95. The number of rotatable bonds is 4. The number of hydrogen-bond donors (Lipinski definition) is 2. The highest BCUT2D eigenvalue weighted by molar-refractivity contribution is 5.96. The standard InChI is InChI=1S/C17H19FN2O/c1-11-3-8-15(19)10-16(11)17(21)20-12(2)9-13-4-6-14(18)7-5-13/h3-8,10,12H,9,19H2,1-2H3,(H,20,21). The molecule has 2 aromatic rings. The number of nitrogens with one attached hydrogen (secondary N) is 1. The predicted octanol–water partition coefficient (Wildman–Crippen LogP) is 3.08. The minimum atomic E-state index is -0.258. The van der Waals surface area contributed by atoms with E-state index < -0.39 is 0 Å². The van der Waals surface area contributed by atoms with Gasteiger partial charge in [0.2, 0.25) is 0 Å². The molecule has 0 spiro atoms. The molecule has 2 rings (SSSR count). The zero-order chi connectivity index (χ0) is 15.4. The molecule has 1 amide bonds. The van der Waals surface area contributed by atoms with Crippen molar-refractivity contribution in [2.45, 2.75) is 26.3 Å². The smallest absolute Gasteiger partial charge is 0.251 e.